The van der Waals surface area contributed by atoms with E-state index in [9.17, 15) is 14.9 Å². The molecule has 4 heteroatoms. The van der Waals surface area contributed by atoms with Gasteiger partial charge in [-0.1, -0.05) is 26.7 Å². The molecular weight excluding hydrogens is 182 g/mol. The number of unbranched alkanes of at least 4 members (excludes halogenated alkanes) is 1. The zero-order valence-electron chi connectivity index (χ0n) is 8.99. The smallest absolute Gasteiger partial charge is 0.213 e. The van der Waals surface area contributed by atoms with Crippen LogP contribution in [0.4, 0.5) is 0 Å². The van der Waals surface area contributed by atoms with Crippen molar-refractivity contribution >= 4 is 5.78 Å². The van der Waals surface area contributed by atoms with Gasteiger partial charge in [0.15, 0.2) is 0 Å². The second-order valence-electron chi connectivity index (χ2n) is 3.57. The van der Waals surface area contributed by atoms with Gasteiger partial charge >= 0.3 is 0 Å². The van der Waals surface area contributed by atoms with Crippen molar-refractivity contribution in [1.29, 1.82) is 0 Å². The SMILES string of the molecule is CCCC[C@@H](C[N+](=O)[O-])C(=O)CCC. The first-order valence-electron chi connectivity index (χ1n) is 5.26. The van der Waals surface area contributed by atoms with E-state index in [1.165, 1.54) is 0 Å². The summed E-state index contributed by atoms with van der Waals surface area (Å²) in [6, 6.07) is 0. The largest absolute Gasteiger partial charge is 0.299 e. The molecule has 82 valence electrons. The van der Waals surface area contributed by atoms with Gasteiger partial charge in [-0.25, -0.2) is 0 Å². The average molecular weight is 201 g/mol. The lowest BCUT2D eigenvalue weighted by molar-refractivity contribution is -0.485. The molecule has 0 aromatic carbocycles. The average Bonchev–Trinajstić information content (AvgIpc) is 2.12. The van der Waals surface area contributed by atoms with E-state index < -0.39 is 0 Å². The Labute approximate surface area is 84.8 Å². The summed E-state index contributed by atoms with van der Waals surface area (Å²) in [6.07, 6.45) is 3.79. The van der Waals surface area contributed by atoms with Crippen LogP contribution in [0.25, 0.3) is 0 Å². The van der Waals surface area contributed by atoms with E-state index in [2.05, 4.69) is 0 Å². The Hall–Kier alpha value is -0.930. The molecule has 0 spiro atoms. The topological polar surface area (TPSA) is 60.2 Å². The summed E-state index contributed by atoms with van der Waals surface area (Å²) in [7, 11) is 0. The number of nitro groups is 1. The molecule has 0 aliphatic carbocycles. The molecule has 0 aliphatic rings. The van der Waals surface area contributed by atoms with Gasteiger partial charge in [-0.05, 0) is 12.8 Å². The summed E-state index contributed by atoms with van der Waals surface area (Å²) >= 11 is 0. The minimum absolute atomic E-state index is 0.0534. The van der Waals surface area contributed by atoms with Gasteiger partial charge in [0.2, 0.25) is 6.54 Å². The van der Waals surface area contributed by atoms with Crippen LogP contribution in [0.2, 0.25) is 0 Å². The predicted molar refractivity (Wildman–Crippen MR) is 54.8 cm³/mol. The van der Waals surface area contributed by atoms with E-state index in [0.717, 1.165) is 19.3 Å². The summed E-state index contributed by atoms with van der Waals surface area (Å²) in [6.45, 7) is 3.74. The molecule has 4 nitrogen and oxygen atoms in total. The highest BCUT2D eigenvalue weighted by molar-refractivity contribution is 5.80. The Kier molecular flexibility index (Phi) is 6.98. The maximum atomic E-state index is 11.5. The van der Waals surface area contributed by atoms with Crippen LogP contribution in [0, 0.1) is 16.0 Å². The van der Waals surface area contributed by atoms with Crippen molar-refractivity contribution in [3.63, 3.8) is 0 Å². The lowest BCUT2D eigenvalue weighted by atomic mass is 9.95. The molecule has 0 N–H and O–H groups in total. The van der Waals surface area contributed by atoms with Crippen molar-refractivity contribution in [1.82, 2.24) is 0 Å². The number of hydrogen-bond donors (Lipinski definition) is 0. The van der Waals surface area contributed by atoms with Gasteiger partial charge in [-0.15, -0.1) is 0 Å². The lowest BCUT2D eigenvalue weighted by Gasteiger charge is -2.10. The fourth-order valence-corrected chi connectivity index (χ4v) is 1.44. The third kappa shape index (κ3) is 5.67. The van der Waals surface area contributed by atoms with Crippen molar-refractivity contribution in [2.24, 2.45) is 5.92 Å². The normalized spacial score (nSPS) is 12.4. The highest BCUT2D eigenvalue weighted by Crippen LogP contribution is 2.13. The summed E-state index contributed by atoms with van der Waals surface area (Å²) in [5.74, 6) is -0.303. The molecule has 0 bridgehead atoms. The van der Waals surface area contributed by atoms with Gasteiger partial charge in [-0.2, -0.15) is 0 Å². The van der Waals surface area contributed by atoms with Gasteiger partial charge in [0.25, 0.3) is 0 Å². The van der Waals surface area contributed by atoms with Gasteiger partial charge < -0.3 is 0 Å². The Morgan fingerprint density at radius 2 is 2.00 bits per heavy atom. The summed E-state index contributed by atoms with van der Waals surface area (Å²) in [5.41, 5.74) is 0. The first-order chi connectivity index (χ1) is 6.61. The number of hydrogen-bond acceptors (Lipinski definition) is 3. The first kappa shape index (κ1) is 13.1. The van der Waals surface area contributed by atoms with E-state index >= 15 is 0 Å². The van der Waals surface area contributed by atoms with Crippen molar-refractivity contribution in [3.8, 4) is 0 Å². The van der Waals surface area contributed by atoms with Gasteiger partial charge in [-0.3, -0.25) is 14.9 Å². The Morgan fingerprint density at radius 3 is 2.43 bits per heavy atom. The number of nitrogens with zero attached hydrogens (tertiary/aromatic N) is 1. The van der Waals surface area contributed by atoms with Crippen LogP contribution in [-0.2, 0) is 4.79 Å². The number of Topliss-reactive ketones (excluding diaryl/α,β-unsaturated/α-hetero) is 1. The molecule has 0 rings (SSSR count). The zero-order chi connectivity index (χ0) is 11.0. The van der Waals surface area contributed by atoms with Crippen LogP contribution in [0.3, 0.4) is 0 Å². The summed E-state index contributed by atoms with van der Waals surface area (Å²) in [4.78, 5) is 21.4. The van der Waals surface area contributed by atoms with Gasteiger partial charge in [0.05, 0.1) is 5.92 Å². The quantitative estimate of drug-likeness (QED) is 0.447. The second kappa shape index (κ2) is 7.47. The Balaban J connectivity index is 4.08. The van der Waals surface area contributed by atoms with Crippen LogP contribution >= 0.6 is 0 Å². The molecule has 0 radical (unpaired) electrons. The molecule has 0 unspecified atom stereocenters. The number of rotatable bonds is 8. The molecule has 0 amide bonds. The third-order valence-electron chi connectivity index (χ3n) is 2.23. The van der Waals surface area contributed by atoms with Crippen molar-refractivity contribution in [3.05, 3.63) is 10.1 Å². The minimum Gasteiger partial charge on any atom is -0.299 e. The standard InChI is InChI=1S/C10H19NO3/c1-3-5-7-9(8-11(13)14)10(12)6-4-2/h9H,3-8H2,1-2H3/t9-/m0/s1. The van der Waals surface area contributed by atoms with Crippen molar-refractivity contribution in [2.45, 2.75) is 46.0 Å². The minimum atomic E-state index is -0.381. The highest BCUT2D eigenvalue weighted by atomic mass is 16.6. The first-order valence-corrected chi connectivity index (χ1v) is 5.26. The lowest BCUT2D eigenvalue weighted by Crippen LogP contribution is -2.23. The van der Waals surface area contributed by atoms with Crippen LogP contribution in [-0.4, -0.2) is 17.3 Å². The molecule has 0 aromatic rings. The maximum absolute atomic E-state index is 11.5. The molecule has 0 saturated heterocycles. The van der Waals surface area contributed by atoms with Crippen LogP contribution in [0.5, 0.6) is 0 Å². The zero-order valence-corrected chi connectivity index (χ0v) is 8.99. The fourth-order valence-electron chi connectivity index (χ4n) is 1.44. The molecule has 1 atom stereocenters. The third-order valence-corrected chi connectivity index (χ3v) is 2.23. The van der Waals surface area contributed by atoms with Crippen LogP contribution in [0.1, 0.15) is 46.0 Å². The molecular formula is C10H19NO3. The number of carbonyl (C=O) groups excluding carboxylic acids is 1. The predicted octanol–water partition coefficient (Wildman–Crippen LogP) is 2.44. The maximum Gasteiger partial charge on any atom is 0.213 e. The van der Waals surface area contributed by atoms with E-state index in [1.54, 1.807) is 0 Å². The van der Waals surface area contributed by atoms with E-state index in [-0.39, 0.29) is 23.2 Å². The van der Waals surface area contributed by atoms with Crippen molar-refractivity contribution in [2.75, 3.05) is 6.54 Å². The van der Waals surface area contributed by atoms with Crippen molar-refractivity contribution < 1.29 is 9.72 Å². The van der Waals surface area contributed by atoms with Crippen LogP contribution in [0.15, 0.2) is 0 Å². The Morgan fingerprint density at radius 1 is 1.36 bits per heavy atom. The van der Waals surface area contributed by atoms with E-state index in [0.29, 0.717) is 12.8 Å². The number of carbonyl (C=O) groups is 1. The summed E-state index contributed by atoms with van der Waals surface area (Å²) in [5, 5.41) is 10.3. The molecule has 0 aliphatic heterocycles. The molecule has 14 heavy (non-hydrogen) atoms. The summed E-state index contributed by atoms with van der Waals surface area (Å²) < 4.78 is 0. The monoisotopic (exact) mass is 201 g/mol. The van der Waals surface area contributed by atoms with Gasteiger partial charge in [0, 0.05) is 11.3 Å². The second-order valence-corrected chi connectivity index (χ2v) is 3.57. The molecule has 0 aromatic heterocycles. The fraction of sp³-hybridized carbons (Fsp3) is 0.900. The molecule has 0 heterocycles. The molecule has 0 fully saturated rings. The van der Waals surface area contributed by atoms with Gasteiger partial charge in [0.1, 0.15) is 5.78 Å². The Bertz CT molecular complexity index is 192. The van der Waals surface area contributed by atoms with Crippen LogP contribution < -0.4 is 0 Å². The van der Waals surface area contributed by atoms with E-state index in [4.69, 9.17) is 0 Å². The highest BCUT2D eigenvalue weighted by Gasteiger charge is 2.22. The molecule has 0 saturated carbocycles. The number of ketones is 1. The van der Waals surface area contributed by atoms with E-state index in [1.807, 2.05) is 13.8 Å².